The maximum Gasteiger partial charge on any atom is 0.337 e. The van der Waals surface area contributed by atoms with Crippen LogP contribution in [0.25, 0.3) is 0 Å². The summed E-state index contributed by atoms with van der Waals surface area (Å²) in [5, 5.41) is 26.3. The average molecular weight is 298 g/mol. The number of aryl methyl sites for hydroxylation is 2. The molecule has 0 saturated heterocycles. The van der Waals surface area contributed by atoms with Crippen molar-refractivity contribution in [2.75, 3.05) is 0 Å². The molecule has 0 atom stereocenters. The van der Waals surface area contributed by atoms with Crippen LogP contribution in [0.2, 0.25) is 0 Å². The van der Waals surface area contributed by atoms with Gasteiger partial charge < -0.3 is 10.2 Å². The van der Waals surface area contributed by atoms with E-state index < -0.39 is 11.9 Å². The van der Waals surface area contributed by atoms with Crippen molar-refractivity contribution in [3.05, 3.63) is 58.7 Å². The Bertz CT molecular complexity index is 716. The van der Waals surface area contributed by atoms with Gasteiger partial charge >= 0.3 is 11.9 Å². The number of aromatic carboxylic acids is 2. The first-order chi connectivity index (χ1) is 10.4. The number of carbonyl (C=O) groups is 2. The average Bonchev–Trinajstić information content (AvgIpc) is 2.46. The van der Waals surface area contributed by atoms with Crippen molar-refractivity contribution in [2.24, 2.45) is 10.2 Å². The fourth-order valence-corrected chi connectivity index (χ4v) is 2.03. The van der Waals surface area contributed by atoms with Crippen LogP contribution < -0.4 is 0 Å². The Hall–Kier alpha value is -3.02. The zero-order valence-corrected chi connectivity index (χ0v) is 12.1. The molecule has 0 radical (unpaired) electrons. The van der Waals surface area contributed by atoms with Gasteiger partial charge in [-0.3, -0.25) is 0 Å². The predicted octanol–water partition coefficient (Wildman–Crippen LogP) is 4.12. The van der Waals surface area contributed by atoms with Crippen LogP contribution in [0.4, 0.5) is 11.4 Å². The molecular weight excluding hydrogens is 284 g/mol. The van der Waals surface area contributed by atoms with E-state index in [1.807, 2.05) is 0 Å². The quantitative estimate of drug-likeness (QED) is 0.829. The number of benzene rings is 2. The summed E-state index contributed by atoms with van der Waals surface area (Å²) in [6.07, 6.45) is 0. The van der Waals surface area contributed by atoms with E-state index in [4.69, 9.17) is 0 Å². The van der Waals surface area contributed by atoms with Gasteiger partial charge in [0, 0.05) is 0 Å². The molecule has 0 amide bonds. The van der Waals surface area contributed by atoms with E-state index in [9.17, 15) is 19.8 Å². The predicted molar refractivity (Wildman–Crippen MR) is 80.5 cm³/mol. The van der Waals surface area contributed by atoms with Crippen LogP contribution in [-0.4, -0.2) is 22.2 Å². The minimum atomic E-state index is -1.11. The van der Waals surface area contributed by atoms with Crippen LogP contribution >= 0.6 is 0 Å². The molecule has 0 unspecified atom stereocenters. The molecule has 6 nitrogen and oxygen atoms in total. The second-order valence-electron chi connectivity index (χ2n) is 4.75. The van der Waals surface area contributed by atoms with Crippen molar-refractivity contribution in [2.45, 2.75) is 13.8 Å². The molecule has 0 bridgehead atoms. The first-order valence-corrected chi connectivity index (χ1v) is 6.49. The van der Waals surface area contributed by atoms with Gasteiger partial charge in [0.25, 0.3) is 0 Å². The highest BCUT2D eigenvalue weighted by Gasteiger charge is 2.14. The maximum atomic E-state index is 11.2. The fraction of sp³-hybridized carbons (Fsp3) is 0.125. The van der Waals surface area contributed by atoms with Crippen molar-refractivity contribution in [3.63, 3.8) is 0 Å². The van der Waals surface area contributed by atoms with Gasteiger partial charge in [-0.1, -0.05) is 24.3 Å². The third-order valence-electron chi connectivity index (χ3n) is 3.19. The smallest absolute Gasteiger partial charge is 0.337 e. The molecule has 0 heterocycles. The van der Waals surface area contributed by atoms with Crippen molar-refractivity contribution in [1.82, 2.24) is 0 Å². The van der Waals surface area contributed by atoms with E-state index in [0.717, 1.165) is 0 Å². The highest BCUT2D eigenvalue weighted by atomic mass is 16.4. The summed E-state index contributed by atoms with van der Waals surface area (Å²) in [5.74, 6) is -2.22. The lowest BCUT2D eigenvalue weighted by molar-refractivity contribution is 0.0686. The molecule has 0 aliphatic rings. The molecular formula is C16H14N2O4. The van der Waals surface area contributed by atoms with Crippen LogP contribution in [-0.2, 0) is 0 Å². The molecule has 2 N–H and O–H groups in total. The van der Waals surface area contributed by atoms with Crippen LogP contribution in [0.1, 0.15) is 31.8 Å². The van der Waals surface area contributed by atoms with Gasteiger partial charge in [0.2, 0.25) is 0 Å². The molecule has 0 aromatic heterocycles. The maximum absolute atomic E-state index is 11.2. The van der Waals surface area contributed by atoms with Gasteiger partial charge in [-0.05, 0) is 37.1 Å². The van der Waals surface area contributed by atoms with E-state index in [1.165, 1.54) is 12.1 Å². The summed E-state index contributed by atoms with van der Waals surface area (Å²) < 4.78 is 0. The molecule has 0 aliphatic carbocycles. The summed E-state index contributed by atoms with van der Waals surface area (Å²) in [6, 6.07) is 9.54. The summed E-state index contributed by atoms with van der Waals surface area (Å²) in [4.78, 5) is 22.5. The lowest BCUT2D eigenvalue weighted by Crippen LogP contribution is -1.98. The van der Waals surface area contributed by atoms with E-state index in [2.05, 4.69) is 10.2 Å². The number of hydrogen-bond acceptors (Lipinski definition) is 4. The molecule has 2 aromatic carbocycles. The first-order valence-electron chi connectivity index (χ1n) is 6.49. The van der Waals surface area contributed by atoms with Crippen LogP contribution in [0.15, 0.2) is 46.6 Å². The number of nitrogens with zero attached hydrogens (tertiary/aromatic N) is 2. The van der Waals surface area contributed by atoms with Gasteiger partial charge in [0.15, 0.2) is 0 Å². The first kappa shape index (κ1) is 15.4. The van der Waals surface area contributed by atoms with Crippen molar-refractivity contribution in [3.8, 4) is 0 Å². The van der Waals surface area contributed by atoms with Crippen LogP contribution in [0, 0.1) is 13.8 Å². The molecule has 0 aliphatic heterocycles. The van der Waals surface area contributed by atoms with Gasteiger partial charge in [-0.15, -0.1) is 10.2 Å². The Labute approximate surface area is 126 Å². The molecule has 6 heteroatoms. The lowest BCUT2D eigenvalue weighted by Gasteiger charge is -2.06. The monoisotopic (exact) mass is 298 g/mol. The highest BCUT2D eigenvalue weighted by Crippen LogP contribution is 2.29. The summed E-state index contributed by atoms with van der Waals surface area (Å²) in [5.41, 5.74) is 1.77. The van der Waals surface area contributed by atoms with Crippen molar-refractivity contribution >= 4 is 23.3 Å². The second kappa shape index (κ2) is 6.17. The lowest BCUT2D eigenvalue weighted by atomic mass is 10.1. The minimum Gasteiger partial charge on any atom is -0.478 e. The molecule has 2 aromatic rings. The summed E-state index contributed by atoms with van der Waals surface area (Å²) in [6.45, 7) is 3.44. The Kier molecular flexibility index (Phi) is 4.31. The molecule has 0 fully saturated rings. The normalized spacial score (nSPS) is 10.8. The topological polar surface area (TPSA) is 99.3 Å². The standard InChI is InChI=1S/C16H14N2O4/c1-9-5-3-7-11(15(19)20)13(9)17-18-14-10(2)6-4-8-12(14)16(21)22/h3-8H,1-2H3,(H,19,20)(H,21,22). The Morgan fingerprint density at radius 1 is 0.773 bits per heavy atom. The van der Waals surface area contributed by atoms with Gasteiger partial charge in [-0.2, -0.15) is 0 Å². The number of hydrogen-bond donors (Lipinski definition) is 2. The number of carboxylic acids is 2. The van der Waals surface area contributed by atoms with E-state index in [-0.39, 0.29) is 22.5 Å². The van der Waals surface area contributed by atoms with Gasteiger partial charge in [0.05, 0.1) is 11.1 Å². The minimum absolute atomic E-state index is 0.0224. The molecule has 112 valence electrons. The molecule has 22 heavy (non-hydrogen) atoms. The van der Waals surface area contributed by atoms with Crippen LogP contribution in [0.3, 0.4) is 0 Å². The van der Waals surface area contributed by atoms with Crippen molar-refractivity contribution < 1.29 is 19.8 Å². The zero-order chi connectivity index (χ0) is 16.3. The summed E-state index contributed by atoms with van der Waals surface area (Å²) >= 11 is 0. The number of carboxylic acid groups (broad SMARTS) is 2. The second-order valence-corrected chi connectivity index (χ2v) is 4.75. The molecule has 0 spiro atoms. The van der Waals surface area contributed by atoms with Gasteiger partial charge in [0.1, 0.15) is 11.4 Å². The highest BCUT2D eigenvalue weighted by molar-refractivity contribution is 5.95. The Balaban J connectivity index is 2.56. The zero-order valence-electron chi connectivity index (χ0n) is 12.1. The summed E-state index contributed by atoms with van der Waals surface area (Å²) in [7, 11) is 0. The Morgan fingerprint density at radius 2 is 1.14 bits per heavy atom. The number of azo groups is 1. The molecule has 0 saturated carbocycles. The van der Waals surface area contributed by atoms with E-state index in [1.54, 1.807) is 38.1 Å². The SMILES string of the molecule is Cc1cccc(C(=O)O)c1N=Nc1c(C)cccc1C(=O)O. The fourth-order valence-electron chi connectivity index (χ4n) is 2.03. The third-order valence-corrected chi connectivity index (χ3v) is 3.19. The van der Waals surface area contributed by atoms with Crippen LogP contribution in [0.5, 0.6) is 0 Å². The van der Waals surface area contributed by atoms with Gasteiger partial charge in [-0.25, -0.2) is 9.59 Å². The largest absolute Gasteiger partial charge is 0.478 e. The van der Waals surface area contributed by atoms with E-state index in [0.29, 0.717) is 11.1 Å². The number of rotatable bonds is 4. The Morgan fingerprint density at radius 3 is 1.45 bits per heavy atom. The van der Waals surface area contributed by atoms with E-state index >= 15 is 0 Å². The van der Waals surface area contributed by atoms with Crippen molar-refractivity contribution in [1.29, 1.82) is 0 Å². The third kappa shape index (κ3) is 3.01. The molecule has 2 rings (SSSR count).